The fourth-order valence-corrected chi connectivity index (χ4v) is 1.04. The highest BCUT2D eigenvalue weighted by molar-refractivity contribution is 5.18. The van der Waals surface area contributed by atoms with E-state index in [0.717, 1.165) is 11.4 Å². The van der Waals surface area contributed by atoms with E-state index in [2.05, 4.69) is 24.0 Å². The van der Waals surface area contributed by atoms with Crippen molar-refractivity contribution in [3.8, 4) is 0 Å². The van der Waals surface area contributed by atoms with Crippen LogP contribution in [0.4, 0.5) is 0 Å². The zero-order valence-corrected chi connectivity index (χ0v) is 6.81. The molecule has 0 aliphatic carbocycles. The molecule has 3 N–H and O–H groups in total. The summed E-state index contributed by atoms with van der Waals surface area (Å²) in [6.45, 7) is 6.11. The average molecular weight is 138 g/mol. The van der Waals surface area contributed by atoms with Crippen LogP contribution in [0.15, 0.2) is 12.1 Å². The lowest BCUT2D eigenvalue weighted by molar-refractivity contribution is 1.10. The second-order valence-corrected chi connectivity index (χ2v) is 2.43. The molecule has 0 amide bonds. The van der Waals surface area contributed by atoms with Crippen molar-refractivity contribution in [1.29, 1.82) is 0 Å². The Morgan fingerprint density at radius 3 is 1.70 bits per heavy atom. The predicted molar refractivity (Wildman–Crippen MR) is 43.5 cm³/mol. The molecule has 0 unspecified atom stereocenters. The number of pyridine rings is 1. The van der Waals surface area contributed by atoms with Gasteiger partial charge in [-0.3, -0.25) is 4.98 Å². The van der Waals surface area contributed by atoms with Crippen molar-refractivity contribution in [2.24, 2.45) is 0 Å². The van der Waals surface area contributed by atoms with Crippen LogP contribution in [-0.4, -0.2) is 4.98 Å². The maximum absolute atomic E-state index is 4.23. The van der Waals surface area contributed by atoms with E-state index in [0.29, 0.717) is 0 Å². The quantitative estimate of drug-likeness (QED) is 0.597. The molecule has 0 saturated heterocycles. The van der Waals surface area contributed by atoms with Gasteiger partial charge in [0.25, 0.3) is 0 Å². The smallest absolute Gasteiger partial charge is 0.0378 e. The summed E-state index contributed by atoms with van der Waals surface area (Å²) in [5.41, 5.74) is 3.50. The normalized spacial score (nSPS) is 8.70. The summed E-state index contributed by atoms with van der Waals surface area (Å²) in [4.78, 5) is 4.23. The van der Waals surface area contributed by atoms with Gasteiger partial charge in [0.05, 0.1) is 0 Å². The molecule has 0 fully saturated rings. The van der Waals surface area contributed by atoms with Gasteiger partial charge in [-0.1, -0.05) is 0 Å². The van der Waals surface area contributed by atoms with Crippen LogP contribution in [-0.2, 0) is 0 Å². The van der Waals surface area contributed by atoms with E-state index in [1.807, 2.05) is 13.8 Å². The second-order valence-electron chi connectivity index (χ2n) is 2.43. The van der Waals surface area contributed by atoms with Crippen molar-refractivity contribution in [1.82, 2.24) is 11.1 Å². The molecule has 0 saturated carbocycles. The minimum absolute atomic E-state index is 0. The van der Waals surface area contributed by atoms with E-state index in [4.69, 9.17) is 0 Å². The van der Waals surface area contributed by atoms with E-state index >= 15 is 0 Å². The third-order valence-corrected chi connectivity index (χ3v) is 1.23. The number of nitrogens with zero attached hydrogens (tertiary/aromatic N) is 1. The zero-order valence-electron chi connectivity index (χ0n) is 6.81. The van der Waals surface area contributed by atoms with Crippen molar-refractivity contribution >= 4 is 0 Å². The molecule has 0 radical (unpaired) electrons. The lowest BCUT2D eigenvalue weighted by Gasteiger charge is -1.96. The van der Waals surface area contributed by atoms with Crippen LogP contribution in [0.25, 0.3) is 0 Å². The summed E-state index contributed by atoms with van der Waals surface area (Å²) < 4.78 is 0. The minimum atomic E-state index is 0. The lowest BCUT2D eigenvalue weighted by Crippen LogP contribution is -1.85. The van der Waals surface area contributed by atoms with Crippen LogP contribution in [0.5, 0.6) is 0 Å². The summed E-state index contributed by atoms with van der Waals surface area (Å²) in [7, 11) is 0. The van der Waals surface area contributed by atoms with Gasteiger partial charge in [-0.2, -0.15) is 0 Å². The first kappa shape index (κ1) is 9.11. The molecule has 1 heterocycles. The van der Waals surface area contributed by atoms with Crippen LogP contribution in [0, 0.1) is 20.8 Å². The predicted octanol–water partition coefficient (Wildman–Crippen LogP) is 2.17. The summed E-state index contributed by atoms with van der Waals surface area (Å²) in [5.74, 6) is 0. The van der Waals surface area contributed by atoms with Crippen LogP contribution < -0.4 is 6.15 Å². The number of rotatable bonds is 0. The first-order valence-electron chi connectivity index (χ1n) is 3.10. The van der Waals surface area contributed by atoms with Crippen LogP contribution >= 0.6 is 0 Å². The Kier molecular flexibility index (Phi) is 3.03. The molecule has 0 atom stereocenters. The van der Waals surface area contributed by atoms with Gasteiger partial charge < -0.3 is 6.15 Å². The minimum Gasteiger partial charge on any atom is -0.344 e. The zero-order chi connectivity index (χ0) is 6.85. The van der Waals surface area contributed by atoms with Crippen LogP contribution in [0.2, 0.25) is 0 Å². The monoisotopic (exact) mass is 138 g/mol. The van der Waals surface area contributed by atoms with Gasteiger partial charge in [-0.25, -0.2) is 0 Å². The molecule has 0 spiro atoms. The van der Waals surface area contributed by atoms with Crippen molar-refractivity contribution in [2.75, 3.05) is 0 Å². The number of aromatic nitrogens is 1. The molecular weight excluding hydrogens is 124 g/mol. The summed E-state index contributed by atoms with van der Waals surface area (Å²) in [6.07, 6.45) is 0. The van der Waals surface area contributed by atoms with Crippen molar-refractivity contribution in [2.45, 2.75) is 20.8 Å². The molecule has 2 nitrogen and oxygen atoms in total. The summed E-state index contributed by atoms with van der Waals surface area (Å²) >= 11 is 0. The molecule has 0 aliphatic heterocycles. The van der Waals surface area contributed by atoms with Crippen LogP contribution in [0.3, 0.4) is 0 Å². The Bertz CT molecular complexity index is 168. The topological polar surface area (TPSA) is 47.9 Å². The Balaban J connectivity index is 0.000000810. The second kappa shape index (κ2) is 3.32. The molecule has 1 aromatic rings. The highest BCUT2D eigenvalue weighted by atomic mass is 14.7. The third-order valence-electron chi connectivity index (χ3n) is 1.23. The largest absolute Gasteiger partial charge is 0.344 e. The number of hydrogen-bond acceptors (Lipinski definition) is 2. The highest BCUT2D eigenvalue weighted by Gasteiger charge is 1.88. The molecule has 1 rings (SSSR count). The molecule has 2 heteroatoms. The van der Waals surface area contributed by atoms with Gasteiger partial charge in [0.15, 0.2) is 0 Å². The number of aryl methyl sites for hydroxylation is 3. The van der Waals surface area contributed by atoms with E-state index in [-0.39, 0.29) is 6.15 Å². The van der Waals surface area contributed by atoms with Gasteiger partial charge in [0, 0.05) is 11.4 Å². The maximum Gasteiger partial charge on any atom is 0.0378 e. The first-order chi connectivity index (χ1) is 4.18. The van der Waals surface area contributed by atoms with Crippen LogP contribution in [0.1, 0.15) is 17.0 Å². The van der Waals surface area contributed by atoms with Crippen molar-refractivity contribution in [3.63, 3.8) is 0 Å². The molecule has 0 aliphatic rings. The molecule has 56 valence electrons. The molecular formula is C8H14N2. The summed E-state index contributed by atoms with van der Waals surface area (Å²) in [5, 5.41) is 0. The van der Waals surface area contributed by atoms with E-state index in [1.165, 1.54) is 5.56 Å². The Morgan fingerprint density at radius 2 is 1.40 bits per heavy atom. The third kappa shape index (κ3) is 2.15. The van der Waals surface area contributed by atoms with Gasteiger partial charge in [-0.05, 0) is 38.5 Å². The molecule has 0 bridgehead atoms. The van der Waals surface area contributed by atoms with Gasteiger partial charge >= 0.3 is 0 Å². The van der Waals surface area contributed by atoms with E-state index in [1.54, 1.807) is 0 Å². The highest BCUT2D eigenvalue weighted by Crippen LogP contribution is 2.01. The SMILES string of the molecule is Cc1cc(C)nc(C)c1.N. The Morgan fingerprint density at radius 1 is 1.00 bits per heavy atom. The standard InChI is InChI=1S/C8H11N.H3N/c1-6-4-7(2)9-8(3)5-6;/h4-5H,1-3H3;1H3. The lowest BCUT2D eigenvalue weighted by atomic mass is 10.2. The molecule has 1 aromatic heterocycles. The van der Waals surface area contributed by atoms with Crippen molar-refractivity contribution in [3.05, 3.63) is 29.1 Å². The maximum atomic E-state index is 4.23. The fourth-order valence-electron chi connectivity index (χ4n) is 1.04. The Labute approximate surface area is 61.9 Å². The Hall–Kier alpha value is -0.890. The average Bonchev–Trinajstić information content (AvgIpc) is 1.59. The molecule has 10 heavy (non-hydrogen) atoms. The molecule has 0 aromatic carbocycles. The van der Waals surface area contributed by atoms with Gasteiger partial charge in [-0.15, -0.1) is 0 Å². The summed E-state index contributed by atoms with van der Waals surface area (Å²) in [6, 6.07) is 4.15. The van der Waals surface area contributed by atoms with Gasteiger partial charge in [0.2, 0.25) is 0 Å². The number of hydrogen-bond donors (Lipinski definition) is 1. The fraction of sp³-hybridized carbons (Fsp3) is 0.375. The van der Waals surface area contributed by atoms with Gasteiger partial charge in [0.1, 0.15) is 0 Å². The van der Waals surface area contributed by atoms with Crippen molar-refractivity contribution < 1.29 is 0 Å². The van der Waals surface area contributed by atoms with E-state index < -0.39 is 0 Å². The van der Waals surface area contributed by atoms with E-state index in [9.17, 15) is 0 Å². The first-order valence-corrected chi connectivity index (χ1v) is 3.10.